The highest BCUT2D eigenvalue weighted by Crippen LogP contribution is 2.32. The number of carbonyl (C=O) groups excluding carboxylic acids is 2. The van der Waals surface area contributed by atoms with Crippen LogP contribution in [0.1, 0.15) is 75.2 Å². The molecule has 0 aromatic rings. The summed E-state index contributed by atoms with van der Waals surface area (Å²) in [6, 6.07) is 0. The van der Waals surface area contributed by atoms with Crippen molar-refractivity contribution in [2.45, 2.75) is 86.4 Å². The third-order valence-corrected chi connectivity index (χ3v) is 3.34. The highest BCUT2D eigenvalue weighted by Gasteiger charge is 2.37. The highest BCUT2D eigenvalue weighted by atomic mass is 17.5. The topological polar surface area (TPSA) is 89.5 Å². The van der Waals surface area contributed by atoms with Crippen LogP contribution in [0, 0.1) is 11.3 Å². The van der Waals surface area contributed by atoms with Gasteiger partial charge in [-0.3, -0.25) is 9.78 Å². The van der Waals surface area contributed by atoms with Crippen LogP contribution in [-0.2, 0) is 39.2 Å². The Morgan fingerprint density at radius 3 is 1.68 bits per heavy atom. The molecule has 0 N–H and O–H groups in total. The predicted octanol–water partition coefficient (Wildman–Crippen LogP) is 3.84. The van der Waals surface area contributed by atoms with Gasteiger partial charge in [-0.05, 0) is 77.8 Å². The van der Waals surface area contributed by atoms with Crippen molar-refractivity contribution in [1.82, 2.24) is 0 Å². The Morgan fingerprint density at radius 2 is 1.24 bits per heavy atom. The molecule has 25 heavy (non-hydrogen) atoms. The molecule has 1 unspecified atom stereocenters. The van der Waals surface area contributed by atoms with Crippen LogP contribution in [-0.4, -0.2) is 23.1 Å². The van der Waals surface area contributed by atoms with Crippen molar-refractivity contribution >= 4 is 11.9 Å². The monoisotopic (exact) mass is 364 g/mol. The normalized spacial score (nSPS) is 14.1. The second kappa shape index (κ2) is 9.47. The molecule has 0 aliphatic rings. The molecular weight excluding hydrogens is 332 g/mol. The maximum absolute atomic E-state index is 12.1. The van der Waals surface area contributed by atoms with Crippen molar-refractivity contribution in [2.75, 3.05) is 0 Å². The summed E-state index contributed by atoms with van der Waals surface area (Å²) in [5.74, 6) is -1.37. The summed E-state index contributed by atoms with van der Waals surface area (Å²) in [5, 5.41) is 8.96. The van der Waals surface area contributed by atoms with Crippen LogP contribution in [0.5, 0.6) is 0 Å². The fourth-order valence-electron chi connectivity index (χ4n) is 1.35. The van der Waals surface area contributed by atoms with Gasteiger partial charge >= 0.3 is 11.9 Å². The first-order valence-corrected chi connectivity index (χ1v) is 8.27. The van der Waals surface area contributed by atoms with Gasteiger partial charge in [-0.1, -0.05) is 6.92 Å². The lowest BCUT2D eigenvalue weighted by Crippen LogP contribution is -2.34. The van der Waals surface area contributed by atoms with Gasteiger partial charge in [-0.25, -0.2) is 9.59 Å². The molecule has 0 amide bonds. The second-order valence-electron chi connectivity index (χ2n) is 8.52. The first kappa shape index (κ1) is 23.8. The average Bonchev–Trinajstić information content (AvgIpc) is 2.41. The fourth-order valence-corrected chi connectivity index (χ4v) is 1.35. The van der Waals surface area contributed by atoms with E-state index in [1.807, 2.05) is 6.92 Å². The molecule has 0 aromatic heterocycles. The van der Waals surface area contributed by atoms with Crippen molar-refractivity contribution in [3.05, 3.63) is 0 Å². The molecule has 8 heteroatoms. The predicted molar refractivity (Wildman–Crippen MR) is 88.2 cm³/mol. The summed E-state index contributed by atoms with van der Waals surface area (Å²) in [6.07, 6.45) is 0.449. The van der Waals surface area contributed by atoms with Gasteiger partial charge < -0.3 is 0 Å². The minimum absolute atomic E-state index is 0.0602. The molecular formula is C17H32O8. The summed E-state index contributed by atoms with van der Waals surface area (Å²) in [6.45, 7) is 15.7. The molecule has 0 radical (unpaired) electrons. The number of hydrogen-bond donors (Lipinski definition) is 0. The van der Waals surface area contributed by atoms with Gasteiger partial charge in [0.15, 0.2) is 0 Å². The SMILES string of the molecule is CC(CCC(=O)OOOC(C)(C)C)C(C)(C)C(=O)OOOC(C)(C)C. The Labute approximate surface area is 149 Å². The molecule has 8 nitrogen and oxygen atoms in total. The summed E-state index contributed by atoms with van der Waals surface area (Å²) in [5.41, 5.74) is -2.08. The minimum atomic E-state index is -0.885. The van der Waals surface area contributed by atoms with E-state index in [9.17, 15) is 9.59 Å². The van der Waals surface area contributed by atoms with Crippen LogP contribution >= 0.6 is 0 Å². The third-order valence-electron chi connectivity index (χ3n) is 3.34. The van der Waals surface area contributed by atoms with E-state index in [1.165, 1.54) is 0 Å². The number of carbonyl (C=O) groups is 2. The summed E-state index contributed by atoms with van der Waals surface area (Å²) >= 11 is 0. The van der Waals surface area contributed by atoms with Gasteiger partial charge in [-0.2, -0.15) is 9.78 Å². The van der Waals surface area contributed by atoms with Gasteiger partial charge in [0.05, 0.1) is 16.6 Å². The standard InChI is InChI=1S/C17H32O8/c1-12(10-11-13(18)20-24-22-15(2,3)4)17(8,9)14(19)21-25-23-16(5,6)7/h12H,10-11H2,1-9H3. The first-order valence-electron chi connectivity index (χ1n) is 8.27. The van der Waals surface area contributed by atoms with Gasteiger partial charge in [0.1, 0.15) is 0 Å². The van der Waals surface area contributed by atoms with Crippen LogP contribution in [0.3, 0.4) is 0 Å². The van der Waals surface area contributed by atoms with Crippen LogP contribution in [0.15, 0.2) is 0 Å². The zero-order chi connectivity index (χ0) is 19.9. The van der Waals surface area contributed by atoms with Crippen molar-refractivity contribution in [3.8, 4) is 0 Å². The van der Waals surface area contributed by atoms with Crippen LogP contribution < -0.4 is 0 Å². The summed E-state index contributed by atoms with van der Waals surface area (Å²) in [4.78, 5) is 42.7. The largest absolute Gasteiger partial charge is 0.351 e. The quantitative estimate of drug-likeness (QED) is 0.450. The maximum Gasteiger partial charge on any atom is 0.351 e. The average molecular weight is 364 g/mol. The Bertz CT molecular complexity index is 431. The van der Waals surface area contributed by atoms with Crippen molar-refractivity contribution < 1.29 is 39.2 Å². The van der Waals surface area contributed by atoms with E-state index in [4.69, 9.17) is 14.7 Å². The van der Waals surface area contributed by atoms with Gasteiger partial charge in [0.25, 0.3) is 0 Å². The lowest BCUT2D eigenvalue weighted by Gasteiger charge is -2.28. The molecule has 0 aliphatic heterocycles. The zero-order valence-corrected chi connectivity index (χ0v) is 16.8. The first-order chi connectivity index (χ1) is 11.1. The maximum atomic E-state index is 12.1. The van der Waals surface area contributed by atoms with Gasteiger partial charge in [0, 0.05) is 6.42 Å². The van der Waals surface area contributed by atoms with Crippen LogP contribution in [0.25, 0.3) is 0 Å². The smallest absolute Gasteiger partial charge is 0.269 e. The van der Waals surface area contributed by atoms with Crippen LogP contribution in [0.4, 0.5) is 0 Å². The van der Waals surface area contributed by atoms with E-state index in [0.717, 1.165) is 0 Å². The van der Waals surface area contributed by atoms with E-state index in [1.54, 1.807) is 55.4 Å². The molecule has 0 spiro atoms. The van der Waals surface area contributed by atoms with E-state index in [-0.39, 0.29) is 12.3 Å². The summed E-state index contributed by atoms with van der Waals surface area (Å²) in [7, 11) is 0. The number of hydrogen-bond acceptors (Lipinski definition) is 8. The number of rotatable bonds is 9. The minimum Gasteiger partial charge on any atom is -0.269 e. The second-order valence-corrected chi connectivity index (χ2v) is 8.52. The molecule has 0 rings (SSSR count). The van der Waals surface area contributed by atoms with E-state index in [0.29, 0.717) is 6.42 Å². The molecule has 0 aromatic carbocycles. The molecule has 0 aliphatic carbocycles. The molecule has 148 valence electrons. The van der Waals surface area contributed by atoms with E-state index < -0.39 is 28.6 Å². The molecule has 0 saturated carbocycles. The molecule has 0 saturated heterocycles. The fraction of sp³-hybridized carbons (Fsp3) is 0.882. The van der Waals surface area contributed by atoms with E-state index >= 15 is 0 Å². The molecule has 0 bridgehead atoms. The Morgan fingerprint density at radius 1 is 0.800 bits per heavy atom. The third kappa shape index (κ3) is 11.1. The molecule has 1 atom stereocenters. The lowest BCUT2D eigenvalue weighted by atomic mass is 9.77. The van der Waals surface area contributed by atoms with Gasteiger partial charge in [-0.15, -0.1) is 0 Å². The van der Waals surface area contributed by atoms with Crippen molar-refractivity contribution in [3.63, 3.8) is 0 Å². The Hall–Kier alpha value is -1.22. The van der Waals surface area contributed by atoms with Crippen LogP contribution in [0.2, 0.25) is 0 Å². The Kier molecular flexibility index (Phi) is 9.01. The van der Waals surface area contributed by atoms with Gasteiger partial charge in [0.2, 0.25) is 0 Å². The van der Waals surface area contributed by atoms with Crippen molar-refractivity contribution in [2.24, 2.45) is 11.3 Å². The summed E-state index contributed by atoms with van der Waals surface area (Å²) < 4.78 is 0. The molecule has 0 fully saturated rings. The molecule has 0 heterocycles. The lowest BCUT2D eigenvalue weighted by molar-refractivity contribution is -0.516. The Balaban J connectivity index is 4.26. The zero-order valence-electron chi connectivity index (χ0n) is 16.8. The highest BCUT2D eigenvalue weighted by molar-refractivity contribution is 5.76. The van der Waals surface area contributed by atoms with E-state index in [2.05, 4.69) is 15.0 Å². The van der Waals surface area contributed by atoms with Crippen molar-refractivity contribution in [1.29, 1.82) is 0 Å².